The zero-order chi connectivity index (χ0) is 13.6. The lowest BCUT2D eigenvalue weighted by Crippen LogP contribution is -1.93. The Morgan fingerprint density at radius 2 is 1.89 bits per heavy atom. The molecule has 1 N–H and O–H groups in total. The number of nitrogens with zero attached hydrogens (tertiary/aromatic N) is 1. The molecule has 6 heteroatoms. The summed E-state index contributed by atoms with van der Waals surface area (Å²) in [6, 6.07) is 10.3. The van der Waals surface area contributed by atoms with Crippen LogP contribution < -0.4 is 0 Å². The van der Waals surface area contributed by atoms with Gasteiger partial charge in [-0.2, -0.15) is 0 Å². The van der Waals surface area contributed by atoms with Crippen LogP contribution in [0.25, 0.3) is 16.7 Å². The zero-order valence-electron chi connectivity index (χ0n) is 9.45. The number of H-pyrrole nitrogens is 1. The lowest BCUT2D eigenvalue weighted by Gasteiger charge is -2.05. The largest absolute Gasteiger partial charge is 0.330 e. The molecule has 0 unspecified atom stereocenters. The molecular weight excluding hydrogens is 351 g/mol. The summed E-state index contributed by atoms with van der Waals surface area (Å²) in [6.07, 6.45) is 0. The Kier molecular flexibility index (Phi) is 3.20. The van der Waals surface area contributed by atoms with Gasteiger partial charge in [-0.1, -0.05) is 11.6 Å². The van der Waals surface area contributed by atoms with E-state index in [4.69, 9.17) is 23.8 Å². The molecule has 0 bridgehead atoms. The van der Waals surface area contributed by atoms with Crippen molar-refractivity contribution in [3.8, 4) is 5.69 Å². The molecule has 0 aliphatic heterocycles. The molecule has 19 heavy (non-hydrogen) atoms. The minimum absolute atomic E-state index is 0.329. The summed E-state index contributed by atoms with van der Waals surface area (Å²) in [7, 11) is 0. The fraction of sp³-hybridized carbons (Fsp3) is 0. The molecule has 0 fully saturated rings. The fourth-order valence-electron chi connectivity index (χ4n) is 1.95. The summed E-state index contributed by atoms with van der Waals surface area (Å²) < 4.78 is 16.4. The second kappa shape index (κ2) is 4.74. The van der Waals surface area contributed by atoms with Crippen LogP contribution in [0.15, 0.2) is 40.9 Å². The van der Waals surface area contributed by atoms with Crippen molar-refractivity contribution < 1.29 is 4.39 Å². The molecule has 0 aliphatic rings. The monoisotopic (exact) mass is 356 g/mol. The molecule has 2 aromatic carbocycles. The van der Waals surface area contributed by atoms with E-state index in [1.807, 2.05) is 12.1 Å². The van der Waals surface area contributed by atoms with Gasteiger partial charge >= 0.3 is 0 Å². The molecule has 1 heterocycles. The third-order valence-corrected chi connectivity index (χ3v) is 3.95. The number of rotatable bonds is 1. The van der Waals surface area contributed by atoms with Crippen molar-refractivity contribution in [1.29, 1.82) is 0 Å². The average molecular weight is 358 g/mol. The van der Waals surface area contributed by atoms with Crippen molar-refractivity contribution in [2.24, 2.45) is 0 Å². The van der Waals surface area contributed by atoms with E-state index in [0.29, 0.717) is 19.8 Å². The number of nitrogens with one attached hydrogen (secondary N) is 1. The van der Waals surface area contributed by atoms with E-state index in [9.17, 15) is 4.39 Å². The predicted octanol–water partition coefficient (Wildman–Crippen LogP) is 5.24. The van der Waals surface area contributed by atoms with Gasteiger partial charge in [-0.3, -0.25) is 4.57 Å². The van der Waals surface area contributed by atoms with Gasteiger partial charge < -0.3 is 4.98 Å². The van der Waals surface area contributed by atoms with Gasteiger partial charge in [0.05, 0.1) is 15.5 Å². The van der Waals surface area contributed by atoms with Gasteiger partial charge in [-0.05, 0) is 58.5 Å². The van der Waals surface area contributed by atoms with Gasteiger partial charge in [-0.25, -0.2) is 4.39 Å². The minimum atomic E-state index is -0.329. The summed E-state index contributed by atoms with van der Waals surface area (Å²) >= 11 is 14.3. The van der Waals surface area contributed by atoms with Crippen molar-refractivity contribution >= 4 is 50.8 Å². The summed E-state index contributed by atoms with van der Waals surface area (Å²) in [6.45, 7) is 0. The predicted molar refractivity (Wildman–Crippen MR) is 81.1 cm³/mol. The van der Waals surface area contributed by atoms with Crippen molar-refractivity contribution in [3.63, 3.8) is 0 Å². The van der Waals surface area contributed by atoms with Crippen LogP contribution in [0.2, 0.25) is 5.02 Å². The third kappa shape index (κ3) is 2.22. The van der Waals surface area contributed by atoms with Crippen LogP contribution in [0.3, 0.4) is 0 Å². The lowest BCUT2D eigenvalue weighted by molar-refractivity contribution is 0.622. The Hall–Kier alpha value is -1.17. The maximum Gasteiger partial charge on any atom is 0.182 e. The van der Waals surface area contributed by atoms with E-state index in [-0.39, 0.29) is 5.82 Å². The first-order valence-electron chi connectivity index (χ1n) is 5.42. The Bertz CT molecular complexity index is 823. The number of aromatic nitrogens is 2. The molecule has 0 radical (unpaired) electrons. The molecule has 0 saturated carbocycles. The number of imidazole rings is 1. The first kappa shape index (κ1) is 12.8. The molecule has 3 rings (SSSR count). The van der Waals surface area contributed by atoms with E-state index in [0.717, 1.165) is 11.2 Å². The summed E-state index contributed by atoms with van der Waals surface area (Å²) in [5, 5.41) is 0.643. The molecule has 0 aliphatic carbocycles. The van der Waals surface area contributed by atoms with Crippen LogP contribution in [-0.4, -0.2) is 9.55 Å². The van der Waals surface area contributed by atoms with Crippen LogP contribution in [0.4, 0.5) is 4.39 Å². The third-order valence-electron chi connectivity index (χ3n) is 2.81. The molecule has 0 atom stereocenters. The van der Waals surface area contributed by atoms with Gasteiger partial charge in [0, 0.05) is 16.8 Å². The number of hydrogen-bond donors (Lipinski definition) is 1. The fourth-order valence-corrected chi connectivity index (χ4v) is 2.73. The Morgan fingerprint density at radius 1 is 1.21 bits per heavy atom. The molecule has 0 amide bonds. The van der Waals surface area contributed by atoms with Crippen LogP contribution in [-0.2, 0) is 0 Å². The highest BCUT2D eigenvalue weighted by atomic mass is 79.9. The molecule has 96 valence electrons. The second-order valence-corrected chi connectivity index (χ2v) is 5.70. The van der Waals surface area contributed by atoms with Crippen LogP contribution in [0.1, 0.15) is 0 Å². The number of halogens is 3. The quantitative estimate of drug-likeness (QED) is 0.590. The normalized spacial score (nSPS) is 11.1. The van der Waals surface area contributed by atoms with E-state index in [1.165, 1.54) is 6.07 Å². The molecule has 0 spiro atoms. The van der Waals surface area contributed by atoms with Crippen LogP contribution in [0.5, 0.6) is 0 Å². The summed E-state index contributed by atoms with van der Waals surface area (Å²) in [5.41, 5.74) is 2.30. The van der Waals surface area contributed by atoms with E-state index >= 15 is 0 Å². The van der Waals surface area contributed by atoms with Crippen molar-refractivity contribution in [2.75, 3.05) is 0 Å². The van der Waals surface area contributed by atoms with Crippen LogP contribution in [0, 0.1) is 10.6 Å². The Labute approximate surface area is 127 Å². The van der Waals surface area contributed by atoms with Crippen molar-refractivity contribution in [1.82, 2.24) is 9.55 Å². The van der Waals surface area contributed by atoms with Gasteiger partial charge in [0.25, 0.3) is 0 Å². The molecule has 3 aromatic rings. The average Bonchev–Trinajstić information content (AvgIpc) is 2.67. The molecule has 1 aromatic heterocycles. The SMILES string of the molecule is Fc1cc2c(cc1Br)[nH]c(=S)n2-c1ccc(Cl)cc1. The van der Waals surface area contributed by atoms with Gasteiger partial charge in [0.2, 0.25) is 0 Å². The smallest absolute Gasteiger partial charge is 0.182 e. The molecule has 0 saturated heterocycles. The maximum absolute atomic E-state index is 13.7. The maximum atomic E-state index is 13.7. The Balaban J connectivity index is 2.34. The standard InChI is InChI=1S/C13H7BrClFN2S/c14-9-5-11-12(6-10(9)16)18(13(19)17-11)8-3-1-7(15)2-4-8/h1-6H,(H,17,19). The number of benzene rings is 2. The van der Waals surface area contributed by atoms with E-state index in [2.05, 4.69) is 20.9 Å². The highest BCUT2D eigenvalue weighted by Crippen LogP contribution is 2.26. The van der Waals surface area contributed by atoms with Gasteiger partial charge in [-0.15, -0.1) is 0 Å². The molecular formula is C13H7BrClFN2S. The summed E-state index contributed by atoms with van der Waals surface area (Å²) in [4.78, 5) is 3.06. The summed E-state index contributed by atoms with van der Waals surface area (Å²) in [5.74, 6) is -0.329. The second-order valence-electron chi connectivity index (χ2n) is 4.03. The lowest BCUT2D eigenvalue weighted by atomic mass is 10.2. The first-order valence-corrected chi connectivity index (χ1v) is 7.00. The molecule has 2 nitrogen and oxygen atoms in total. The van der Waals surface area contributed by atoms with Gasteiger partial charge in [0.15, 0.2) is 4.77 Å². The first-order chi connectivity index (χ1) is 9.06. The highest BCUT2D eigenvalue weighted by Gasteiger charge is 2.10. The van der Waals surface area contributed by atoms with E-state index in [1.54, 1.807) is 22.8 Å². The van der Waals surface area contributed by atoms with E-state index < -0.39 is 0 Å². The van der Waals surface area contributed by atoms with Crippen molar-refractivity contribution in [2.45, 2.75) is 0 Å². The minimum Gasteiger partial charge on any atom is -0.330 e. The van der Waals surface area contributed by atoms with Crippen LogP contribution >= 0.6 is 39.7 Å². The van der Waals surface area contributed by atoms with Crippen molar-refractivity contribution in [3.05, 3.63) is 56.5 Å². The highest BCUT2D eigenvalue weighted by molar-refractivity contribution is 9.10. The van der Waals surface area contributed by atoms with Gasteiger partial charge in [0.1, 0.15) is 5.82 Å². The Morgan fingerprint density at radius 3 is 2.58 bits per heavy atom. The number of aromatic amines is 1. The number of hydrogen-bond acceptors (Lipinski definition) is 1. The number of fused-ring (bicyclic) bond motifs is 1. The zero-order valence-corrected chi connectivity index (χ0v) is 12.6. The topological polar surface area (TPSA) is 20.7 Å².